The molecule has 0 fully saturated rings. The zero-order valence-electron chi connectivity index (χ0n) is 9.49. The van der Waals surface area contributed by atoms with Gasteiger partial charge in [0.2, 0.25) is 0 Å². The topological polar surface area (TPSA) is 35.2 Å². The van der Waals surface area contributed by atoms with Crippen LogP contribution in [0.3, 0.4) is 0 Å². The fraction of sp³-hybridized carbons (Fsp3) is 0. The van der Waals surface area contributed by atoms with E-state index in [0.717, 1.165) is 0 Å². The first-order valence-corrected chi connectivity index (χ1v) is 7.16. The third-order valence-electron chi connectivity index (χ3n) is 2.35. The summed E-state index contributed by atoms with van der Waals surface area (Å²) < 4.78 is 6.44. The minimum absolute atomic E-state index is 0.259. The summed E-state index contributed by atoms with van der Waals surface area (Å²) in [4.78, 5) is 0.259. The van der Waals surface area contributed by atoms with Gasteiger partial charge in [-0.3, -0.25) is 0 Å². The second-order valence-electron chi connectivity index (χ2n) is 3.66. The van der Waals surface area contributed by atoms with Crippen molar-refractivity contribution in [3.8, 4) is 11.5 Å². The molecule has 0 atom stereocenters. The first kappa shape index (κ1) is 14.6. The number of hydrogen-bond acceptors (Lipinski definition) is 2. The smallest absolute Gasteiger partial charge is 0.147 e. The van der Waals surface area contributed by atoms with Gasteiger partial charge in [0.1, 0.15) is 16.5 Å². The largest absolute Gasteiger partial charge is 0.455 e. The Morgan fingerprint density at radius 3 is 2.47 bits per heavy atom. The molecule has 2 rings (SSSR count). The van der Waals surface area contributed by atoms with Crippen molar-refractivity contribution in [2.24, 2.45) is 5.73 Å². The maximum absolute atomic E-state index is 6.11. The van der Waals surface area contributed by atoms with E-state index in [2.05, 4.69) is 15.9 Å². The summed E-state index contributed by atoms with van der Waals surface area (Å²) in [6, 6.07) is 10.5. The van der Waals surface area contributed by atoms with Crippen molar-refractivity contribution in [1.82, 2.24) is 0 Å². The Balaban J connectivity index is 2.42. The van der Waals surface area contributed by atoms with Gasteiger partial charge in [-0.05, 0) is 34.1 Å². The standard InChI is InChI=1S/C13H8BrCl2NOS/c14-8-5-10(16)12(6-9(8)15)18-11-4-2-1-3-7(11)13(17)19/h1-6H,(H2,17,19). The average molecular weight is 377 g/mol. The van der Waals surface area contributed by atoms with Crippen LogP contribution in [0.5, 0.6) is 11.5 Å². The zero-order valence-corrected chi connectivity index (χ0v) is 13.4. The molecule has 2 aromatic carbocycles. The molecule has 0 bridgehead atoms. The number of thiocarbonyl (C=S) groups is 1. The zero-order chi connectivity index (χ0) is 14.0. The van der Waals surface area contributed by atoms with E-state index >= 15 is 0 Å². The molecule has 19 heavy (non-hydrogen) atoms. The number of para-hydroxylation sites is 1. The van der Waals surface area contributed by atoms with E-state index in [1.165, 1.54) is 0 Å². The highest BCUT2D eigenvalue weighted by atomic mass is 79.9. The molecule has 0 aliphatic carbocycles. The van der Waals surface area contributed by atoms with Crippen LogP contribution < -0.4 is 10.5 Å². The lowest BCUT2D eigenvalue weighted by molar-refractivity contribution is 0.482. The first-order chi connectivity index (χ1) is 8.99. The predicted octanol–water partition coefficient (Wildman–Crippen LogP) is 5.18. The van der Waals surface area contributed by atoms with Crippen LogP contribution in [0.2, 0.25) is 10.0 Å². The highest BCUT2D eigenvalue weighted by Crippen LogP contribution is 2.37. The van der Waals surface area contributed by atoms with E-state index in [-0.39, 0.29) is 4.99 Å². The van der Waals surface area contributed by atoms with Crippen LogP contribution in [-0.4, -0.2) is 4.99 Å². The van der Waals surface area contributed by atoms with Gasteiger partial charge < -0.3 is 10.5 Å². The minimum atomic E-state index is 0.259. The van der Waals surface area contributed by atoms with Crippen LogP contribution in [0.1, 0.15) is 5.56 Å². The van der Waals surface area contributed by atoms with Gasteiger partial charge in [-0.1, -0.05) is 47.6 Å². The summed E-state index contributed by atoms with van der Waals surface area (Å²) >= 11 is 20.4. The molecule has 0 heterocycles. The van der Waals surface area contributed by atoms with Gasteiger partial charge in [0.05, 0.1) is 15.6 Å². The Labute approximate surface area is 134 Å². The monoisotopic (exact) mass is 375 g/mol. The van der Waals surface area contributed by atoms with Crippen LogP contribution in [-0.2, 0) is 0 Å². The maximum atomic E-state index is 6.11. The number of rotatable bonds is 3. The Bertz CT molecular complexity index is 649. The van der Waals surface area contributed by atoms with Crippen molar-refractivity contribution in [1.29, 1.82) is 0 Å². The van der Waals surface area contributed by atoms with E-state index in [1.807, 2.05) is 12.1 Å². The molecule has 0 aliphatic heterocycles. The van der Waals surface area contributed by atoms with Crippen molar-refractivity contribution in [2.75, 3.05) is 0 Å². The van der Waals surface area contributed by atoms with Crippen LogP contribution in [0.15, 0.2) is 40.9 Å². The summed E-state index contributed by atoms with van der Waals surface area (Å²) in [6.45, 7) is 0. The summed E-state index contributed by atoms with van der Waals surface area (Å²) in [5.74, 6) is 0.980. The molecule has 0 spiro atoms. The van der Waals surface area contributed by atoms with Crippen LogP contribution in [0, 0.1) is 0 Å². The molecular weight excluding hydrogens is 369 g/mol. The molecular formula is C13H8BrCl2NOS. The molecule has 98 valence electrons. The molecule has 6 heteroatoms. The third kappa shape index (κ3) is 3.39. The van der Waals surface area contributed by atoms with Crippen molar-refractivity contribution in [3.05, 3.63) is 56.5 Å². The average Bonchev–Trinajstić information content (AvgIpc) is 2.36. The quantitative estimate of drug-likeness (QED) is 0.591. The molecule has 0 saturated carbocycles. The van der Waals surface area contributed by atoms with Crippen molar-refractivity contribution in [3.63, 3.8) is 0 Å². The summed E-state index contributed by atoms with van der Waals surface area (Å²) in [5, 5.41) is 0.946. The Morgan fingerprint density at radius 1 is 1.11 bits per heavy atom. The lowest BCUT2D eigenvalue weighted by Crippen LogP contribution is -2.10. The van der Waals surface area contributed by atoms with Gasteiger partial charge in [0.15, 0.2) is 0 Å². The lowest BCUT2D eigenvalue weighted by atomic mass is 10.2. The number of hydrogen-bond donors (Lipinski definition) is 1. The van der Waals surface area contributed by atoms with Gasteiger partial charge in [-0.2, -0.15) is 0 Å². The summed E-state index contributed by atoms with van der Waals surface area (Å²) in [7, 11) is 0. The molecule has 0 aromatic heterocycles. The lowest BCUT2D eigenvalue weighted by Gasteiger charge is -2.12. The first-order valence-electron chi connectivity index (χ1n) is 5.20. The number of nitrogens with two attached hydrogens (primary N) is 1. The molecule has 0 aliphatic rings. The van der Waals surface area contributed by atoms with Gasteiger partial charge >= 0.3 is 0 Å². The molecule has 2 N–H and O–H groups in total. The van der Waals surface area contributed by atoms with E-state index < -0.39 is 0 Å². The molecule has 0 radical (unpaired) electrons. The van der Waals surface area contributed by atoms with Gasteiger partial charge in [0, 0.05) is 10.5 Å². The molecule has 0 saturated heterocycles. The van der Waals surface area contributed by atoms with Gasteiger partial charge in [-0.25, -0.2) is 0 Å². The van der Waals surface area contributed by atoms with Gasteiger partial charge in [0.25, 0.3) is 0 Å². The van der Waals surface area contributed by atoms with E-state index in [9.17, 15) is 0 Å². The fourth-order valence-corrected chi connectivity index (χ4v) is 2.46. The van der Waals surface area contributed by atoms with Crippen molar-refractivity contribution < 1.29 is 4.74 Å². The summed E-state index contributed by atoms with van der Waals surface area (Å²) in [6.07, 6.45) is 0. The Kier molecular flexibility index (Phi) is 4.68. The van der Waals surface area contributed by atoms with E-state index in [4.69, 9.17) is 45.9 Å². The minimum Gasteiger partial charge on any atom is -0.455 e. The number of ether oxygens (including phenoxy) is 1. The van der Waals surface area contributed by atoms with E-state index in [1.54, 1.807) is 24.3 Å². The predicted molar refractivity (Wildman–Crippen MR) is 86.6 cm³/mol. The third-order valence-corrected chi connectivity index (χ3v) is 4.06. The molecule has 2 nitrogen and oxygen atoms in total. The molecule has 0 amide bonds. The van der Waals surface area contributed by atoms with E-state index in [0.29, 0.717) is 31.6 Å². The van der Waals surface area contributed by atoms with Gasteiger partial charge in [-0.15, -0.1) is 0 Å². The SMILES string of the molecule is NC(=S)c1ccccc1Oc1cc(Cl)c(Br)cc1Cl. The number of benzene rings is 2. The Hall–Kier alpha value is -0.810. The van der Waals surface area contributed by atoms with Crippen LogP contribution in [0.4, 0.5) is 0 Å². The van der Waals surface area contributed by atoms with Crippen LogP contribution >= 0.6 is 51.3 Å². The fourth-order valence-electron chi connectivity index (χ4n) is 1.46. The van der Waals surface area contributed by atoms with Crippen LogP contribution in [0.25, 0.3) is 0 Å². The maximum Gasteiger partial charge on any atom is 0.147 e. The highest BCUT2D eigenvalue weighted by molar-refractivity contribution is 9.10. The molecule has 2 aromatic rings. The number of halogens is 3. The Morgan fingerprint density at radius 2 is 1.79 bits per heavy atom. The molecule has 0 unspecified atom stereocenters. The summed E-state index contributed by atoms with van der Waals surface area (Å²) in [5.41, 5.74) is 6.29. The van der Waals surface area contributed by atoms with Crippen molar-refractivity contribution in [2.45, 2.75) is 0 Å². The highest BCUT2D eigenvalue weighted by Gasteiger charge is 2.11. The second-order valence-corrected chi connectivity index (χ2v) is 5.77. The second kappa shape index (κ2) is 6.09. The van der Waals surface area contributed by atoms with Crippen molar-refractivity contribution >= 4 is 56.3 Å². The normalized spacial score (nSPS) is 10.3.